The maximum atomic E-state index is 6.72. The number of nitrogens with zero attached hydrogens (tertiary/aromatic N) is 1. The van der Waals surface area contributed by atoms with Crippen molar-refractivity contribution in [3.8, 4) is 22.8 Å². The van der Waals surface area contributed by atoms with Crippen LogP contribution in [-0.2, 0) is 19.9 Å². The summed E-state index contributed by atoms with van der Waals surface area (Å²) in [4.78, 5) is 0. The Morgan fingerprint density at radius 1 is 1.03 bits per heavy atom. The Morgan fingerprint density at radius 2 is 1.79 bits per heavy atom. The average Bonchev–Trinajstić information content (AvgIpc) is 2.70. The topological polar surface area (TPSA) is 13.1 Å². The minimum absolute atomic E-state index is 0.618. The summed E-state index contributed by atoms with van der Waals surface area (Å²) in [5, 5.41) is 5.13. The minimum atomic E-state index is 0.618. The molecule has 0 spiro atoms. The predicted octanol–water partition coefficient (Wildman–Crippen LogP) is 6.66. The van der Waals surface area contributed by atoms with Gasteiger partial charge in [-0.05, 0) is 59.0 Å². The highest BCUT2D eigenvalue weighted by atomic mass is 16.5. The molecule has 0 N–H and O–H groups in total. The highest BCUT2D eigenvalue weighted by Gasteiger charge is 2.32. The lowest BCUT2D eigenvalue weighted by atomic mass is 9.87. The van der Waals surface area contributed by atoms with Gasteiger partial charge in [0.2, 0.25) is 5.69 Å². The Morgan fingerprint density at radius 3 is 2.52 bits per heavy atom. The summed E-state index contributed by atoms with van der Waals surface area (Å²) >= 11 is 0. The van der Waals surface area contributed by atoms with E-state index < -0.39 is 0 Å². The third-order valence-corrected chi connectivity index (χ3v) is 6.24. The number of pyridine rings is 1. The molecule has 2 nitrogen and oxygen atoms in total. The molecule has 1 aliphatic heterocycles. The van der Waals surface area contributed by atoms with Crippen LogP contribution < -0.4 is 9.30 Å². The minimum Gasteiger partial charge on any atom is -0.455 e. The van der Waals surface area contributed by atoms with E-state index in [9.17, 15) is 0 Å². The fraction of sp³-hybridized carbons (Fsp3) is 0.296. The molecule has 0 atom stereocenters. The van der Waals surface area contributed by atoms with Crippen LogP contribution in [0.2, 0.25) is 0 Å². The van der Waals surface area contributed by atoms with E-state index >= 15 is 0 Å². The Balaban J connectivity index is 1.92. The van der Waals surface area contributed by atoms with E-state index in [0.29, 0.717) is 5.92 Å². The van der Waals surface area contributed by atoms with Crippen molar-refractivity contribution in [2.24, 2.45) is 13.0 Å². The molecule has 0 fully saturated rings. The summed E-state index contributed by atoms with van der Waals surface area (Å²) in [5.41, 5.74) is 6.47. The second-order valence-electron chi connectivity index (χ2n) is 8.74. The fourth-order valence-electron chi connectivity index (χ4n) is 5.01. The van der Waals surface area contributed by atoms with Gasteiger partial charge in [0.05, 0.1) is 10.9 Å². The lowest BCUT2D eigenvalue weighted by Crippen LogP contribution is -2.32. The molecule has 1 aliphatic rings. The van der Waals surface area contributed by atoms with Gasteiger partial charge < -0.3 is 4.74 Å². The standard InChI is InChI=1S/C27H28NO/c1-6-20-22-10-8-7-9-21(22)17(4)24-26-25-19(11-12-28(26)5)14-18(13-16(2)3)15-23(25)29-27(20)24/h7-12,14-16H,6,13H2,1-5H3/q+1. The van der Waals surface area contributed by atoms with Gasteiger partial charge in [0.25, 0.3) is 0 Å². The number of rotatable bonds is 3. The number of ether oxygens (including phenoxy) is 1. The first kappa shape index (κ1) is 18.2. The summed E-state index contributed by atoms with van der Waals surface area (Å²) in [7, 11) is 2.15. The maximum absolute atomic E-state index is 6.72. The molecule has 0 saturated carbocycles. The smallest absolute Gasteiger partial charge is 0.228 e. The van der Waals surface area contributed by atoms with Crippen LogP contribution in [0, 0.1) is 12.8 Å². The summed E-state index contributed by atoms with van der Waals surface area (Å²) in [5.74, 6) is 2.66. The zero-order chi connectivity index (χ0) is 20.3. The van der Waals surface area contributed by atoms with Crippen LogP contribution in [0.15, 0.2) is 48.7 Å². The molecule has 2 heterocycles. The summed E-state index contributed by atoms with van der Waals surface area (Å²) in [6.45, 7) is 9.01. The fourth-order valence-corrected chi connectivity index (χ4v) is 5.01. The Bertz CT molecular complexity index is 1280. The first-order valence-corrected chi connectivity index (χ1v) is 10.7. The molecule has 0 amide bonds. The van der Waals surface area contributed by atoms with Crippen LogP contribution in [0.5, 0.6) is 11.5 Å². The summed E-state index contributed by atoms with van der Waals surface area (Å²) < 4.78 is 8.98. The van der Waals surface area contributed by atoms with Crippen molar-refractivity contribution in [3.05, 3.63) is 65.4 Å². The van der Waals surface area contributed by atoms with Crippen molar-refractivity contribution in [1.29, 1.82) is 0 Å². The van der Waals surface area contributed by atoms with Crippen molar-refractivity contribution in [2.75, 3.05) is 0 Å². The molecule has 3 aromatic carbocycles. The lowest BCUT2D eigenvalue weighted by Gasteiger charge is -2.25. The van der Waals surface area contributed by atoms with Crippen molar-refractivity contribution in [3.63, 3.8) is 0 Å². The van der Waals surface area contributed by atoms with E-state index in [2.05, 4.69) is 88.0 Å². The third kappa shape index (κ3) is 2.66. The van der Waals surface area contributed by atoms with Crippen LogP contribution in [0.1, 0.15) is 37.5 Å². The van der Waals surface area contributed by atoms with E-state index in [1.165, 1.54) is 49.5 Å². The molecule has 29 heavy (non-hydrogen) atoms. The molecule has 4 aromatic rings. The van der Waals surface area contributed by atoms with E-state index in [1.54, 1.807) is 0 Å². The van der Waals surface area contributed by atoms with E-state index in [1.807, 2.05) is 0 Å². The first-order valence-electron chi connectivity index (χ1n) is 10.7. The van der Waals surface area contributed by atoms with Crippen LogP contribution in [0.4, 0.5) is 0 Å². The lowest BCUT2D eigenvalue weighted by molar-refractivity contribution is -0.659. The highest BCUT2D eigenvalue weighted by Crippen LogP contribution is 2.50. The van der Waals surface area contributed by atoms with E-state index in [-0.39, 0.29) is 0 Å². The van der Waals surface area contributed by atoms with Crippen LogP contribution in [-0.4, -0.2) is 0 Å². The maximum Gasteiger partial charge on any atom is 0.228 e. The average molecular weight is 383 g/mol. The molecule has 0 saturated heterocycles. The number of aromatic nitrogens is 1. The van der Waals surface area contributed by atoms with Crippen LogP contribution >= 0.6 is 0 Å². The first-order chi connectivity index (χ1) is 14.0. The number of hydrogen-bond donors (Lipinski definition) is 0. The quantitative estimate of drug-likeness (QED) is 0.318. The number of aryl methyl sites for hydroxylation is 3. The highest BCUT2D eigenvalue weighted by molar-refractivity contribution is 6.06. The molecule has 5 rings (SSSR count). The number of fused-ring (bicyclic) bond motifs is 3. The second-order valence-corrected chi connectivity index (χ2v) is 8.74. The van der Waals surface area contributed by atoms with Crippen molar-refractivity contribution >= 4 is 21.5 Å². The zero-order valence-corrected chi connectivity index (χ0v) is 18.0. The van der Waals surface area contributed by atoms with Crippen molar-refractivity contribution < 1.29 is 9.30 Å². The van der Waals surface area contributed by atoms with Gasteiger partial charge in [-0.1, -0.05) is 51.1 Å². The van der Waals surface area contributed by atoms with E-state index in [4.69, 9.17) is 4.74 Å². The zero-order valence-electron chi connectivity index (χ0n) is 18.0. The molecular formula is C27H28NO+. The van der Waals surface area contributed by atoms with Gasteiger partial charge in [-0.15, -0.1) is 0 Å². The molecule has 2 heteroatoms. The Hall–Kier alpha value is -2.87. The number of benzene rings is 3. The molecule has 0 unspecified atom stereocenters. The summed E-state index contributed by atoms with van der Waals surface area (Å²) in [6, 6.07) is 15.6. The van der Waals surface area contributed by atoms with Gasteiger partial charge in [0.1, 0.15) is 18.5 Å². The molecule has 0 radical (unpaired) electrons. The van der Waals surface area contributed by atoms with Gasteiger partial charge in [-0.25, -0.2) is 4.57 Å². The van der Waals surface area contributed by atoms with Gasteiger partial charge in [-0.3, -0.25) is 0 Å². The van der Waals surface area contributed by atoms with Gasteiger partial charge in [-0.2, -0.15) is 0 Å². The SMILES string of the molecule is CCc1c2c(c(C)c3ccccc13)-c1c3c(cc(CC(C)C)cc3cc[n+]1C)O2. The largest absolute Gasteiger partial charge is 0.455 e. The summed E-state index contributed by atoms with van der Waals surface area (Å²) in [6.07, 6.45) is 4.20. The molecule has 0 bridgehead atoms. The Kier molecular flexibility index (Phi) is 4.13. The van der Waals surface area contributed by atoms with Crippen LogP contribution in [0.3, 0.4) is 0 Å². The van der Waals surface area contributed by atoms with Gasteiger partial charge in [0, 0.05) is 11.6 Å². The molecule has 1 aromatic heterocycles. The van der Waals surface area contributed by atoms with Gasteiger partial charge in [0.15, 0.2) is 6.20 Å². The molecule has 146 valence electrons. The molecular weight excluding hydrogens is 354 g/mol. The van der Waals surface area contributed by atoms with E-state index in [0.717, 1.165) is 24.3 Å². The second kappa shape index (κ2) is 6.59. The van der Waals surface area contributed by atoms with Crippen molar-refractivity contribution in [1.82, 2.24) is 0 Å². The third-order valence-electron chi connectivity index (χ3n) is 6.24. The predicted molar refractivity (Wildman–Crippen MR) is 121 cm³/mol. The number of hydrogen-bond acceptors (Lipinski definition) is 1. The van der Waals surface area contributed by atoms with Gasteiger partial charge >= 0.3 is 0 Å². The monoisotopic (exact) mass is 382 g/mol. The molecule has 0 aliphatic carbocycles. The van der Waals surface area contributed by atoms with Crippen molar-refractivity contribution in [2.45, 2.75) is 40.5 Å². The normalized spacial score (nSPS) is 12.5. The Labute approximate surface area is 172 Å². The van der Waals surface area contributed by atoms with Crippen LogP contribution in [0.25, 0.3) is 32.8 Å².